The van der Waals surface area contributed by atoms with Gasteiger partial charge in [-0.3, -0.25) is 4.79 Å². The van der Waals surface area contributed by atoms with E-state index in [1.165, 1.54) is 11.1 Å². The highest BCUT2D eigenvalue weighted by molar-refractivity contribution is 5.94. The lowest BCUT2D eigenvalue weighted by Gasteiger charge is -2.25. The summed E-state index contributed by atoms with van der Waals surface area (Å²) >= 11 is 0. The Balaban J connectivity index is 1.35. The van der Waals surface area contributed by atoms with Crippen LogP contribution in [0.3, 0.4) is 0 Å². The van der Waals surface area contributed by atoms with Crippen LogP contribution in [0.4, 0.5) is 0 Å². The van der Waals surface area contributed by atoms with Gasteiger partial charge in [-0.25, -0.2) is 0 Å². The Morgan fingerprint density at radius 1 is 0.846 bits per heavy atom. The first kappa shape index (κ1) is 16.6. The van der Waals surface area contributed by atoms with Gasteiger partial charge in [0, 0.05) is 18.5 Å². The Morgan fingerprint density at radius 3 is 2.27 bits per heavy atom. The second kappa shape index (κ2) is 7.54. The molecule has 0 aromatic heterocycles. The third-order valence-electron chi connectivity index (χ3n) is 4.79. The first-order valence-corrected chi connectivity index (χ1v) is 8.92. The molecule has 0 saturated heterocycles. The molecule has 0 spiro atoms. The zero-order valence-electron chi connectivity index (χ0n) is 14.5. The van der Waals surface area contributed by atoms with E-state index in [-0.39, 0.29) is 12.0 Å². The quantitative estimate of drug-likeness (QED) is 0.770. The fourth-order valence-corrected chi connectivity index (χ4v) is 3.29. The third kappa shape index (κ3) is 3.68. The molecule has 0 fully saturated rings. The lowest BCUT2D eigenvalue weighted by atomic mass is 9.99. The van der Waals surface area contributed by atoms with Crippen molar-refractivity contribution in [2.45, 2.75) is 19.1 Å². The number of carbonyl (C=O) groups is 1. The van der Waals surface area contributed by atoms with Crippen molar-refractivity contribution in [3.63, 3.8) is 0 Å². The molecule has 130 valence electrons. The molecular formula is C23H21NO2. The number of nitrogens with one attached hydrogen (secondary N) is 1. The predicted molar refractivity (Wildman–Crippen MR) is 103 cm³/mol. The molecule has 0 aliphatic carbocycles. The van der Waals surface area contributed by atoms with Crippen LogP contribution in [-0.4, -0.2) is 18.6 Å². The molecule has 3 aromatic rings. The Morgan fingerprint density at radius 2 is 1.50 bits per heavy atom. The monoisotopic (exact) mass is 343 g/mol. The molecule has 0 bridgehead atoms. The summed E-state index contributed by atoms with van der Waals surface area (Å²) in [6.07, 6.45) is 0.862. The molecule has 1 aliphatic rings. The van der Waals surface area contributed by atoms with Crippen molar-refractivity contribution in [2.75, 3.05) is 6.54 Å². The lowest BCUT2D eigenvalue weighted by Crippen LogP contribution is -2.36. The Labute approximate surface area is 153 Å². The molecule has 26 heavy (non-hydrogen) atoms. The maximum atomic E-state index is 12.4. The van der Waals surface area contributed by atoms with Crippen LogP contribution in [0.25, 0.3) is 11.1 Å². The molecule has 0 saturated carbocycles. The molecule has 3 nitrogen and oxygen atoms in total. The van der Waals surface area contributed by atoms with Crippen LogP contribution >= 0.6 is 0 Å². The largest absolute Gasteiger partial charge is 0.371 e. The predicted octanol–water partition coefficient (Wildman–Crippen LogP) is 4.22. The van der Waals surface area contributed by atoms with Gasteiger partial charge < -0.3 is 10.1 Å². The van der Waals surface area contributed by atoms with Gasteiger partial charge in [-0.1, -0.05) is 66.7 Å². The number of hydrogen-bond donors (Lipinski definition) is 1. The van der Waals surface area contributed by atoms with Crippen LogP contribution in [0, 0.1) is 0 Å². The van der Waals surface area contributed by atoms with E-state index in [2.05, 4.69) is 29.6 Å². The number of ether oxygens (including phenoxy) is 1. The van der Waals surface area contributed by atoms with E-state index in [0.29, 0.717) is 18.7 Å². The topological polar surface area (TPSA) is 38.3 Å². The standard InChI is InChI=1S/C23H21NO2/c25-23(19-12-10-18(11-13-19)17-6-2-1-3-7-17)24-15-22-14-20-8-4-5-9-21(20)16-26-22/h1-13,22H,14-16H2,(H,24,25). The van der Waals surface area contributed by atoms with Crippen molar-refractivity contribution >= 4 is 5.91 Å². The minimum atomic E-state index is -0.0629. The summed E-state index contributed by atoms with van der Waals surface area (Å²) in [7, 11) is 0. The van der Waals surface area contributed by atoms with Crippen molar-refractivity contribution in [1.29, 1.82) is 0 Å². The number of fused-ring (bicyclic) bond motifs is 1. The summed E-state index contributed by atoms with van der Waals surface area (Å²) in [5, 5.41) is 2.99. The van der Waals surface area contributed by atoms with E-state index < -0.39 is 0 Å². The first-order valence-electron chi connectivity index (χ1n) is 8.92. The minimum Gasteiger partial charge on any atom is -0.371 e. The molecule has 3 aromatic carbocycles. The lowest BCUT2D eigenvalue weighted by molar-refractivity contribution is 0.0285. The van der Waals surface area contributed by atoms with Crippen LogP contribution in [0.15, 0.2) is 78.9 Å². The molecule has 1 heterocycles. The summed E-state index contributed by atoms with van der Waals surface area (Å²) in [4.78, 5) is 12.4. The van der Waals surface area contributed by atoms with E-state index in [4.69, 9.17) is 4.74 Å². The summed E-state index contributed by atoms with van der Waals surface area (Å²) in [6.45, 7) is 1.14. The van der Waals surface area contributed by atoms with E-state index in [1.54, 1.807) is 0 Å². The molecule has 1 atom stereocenters. The molecule has 4 rings (SSSR count). The number of benzene rings is 3. The maximum Gasteiger partial charge on any atom is 0.251 e. The highest BCUT2D eigenvalue weighted by Gasteiger charge is 2.19. The zero-order chi connectivity index (χ0) is 17.8. The van der Waals surface area contributed by atoms with E-state index in [0.717, 1.165) is 17.5 Å². The van der Waals surface area contributed by atoms with Crippen molar-refractivity contribution in [2.24, 2.45) is 0 Å². The highest BCUT2D eigenvalue weighted by Crippen LogP contribution is 2.21. The second-order valence-electron chi connectivity index (χ2n) is 6.56. The van der Waals surface area contributed by atoms with Gasteiger partial charge in [-0.05, 0) is 34.4 Å². The van der Waals surface area contributed by atoms with E-state index >= 15 is 0 Å². The van der Waals surface area contributed by atoms with Gasteiger partial charge in [0.25, 0.3) is 5.91 Å². The average molecular weight is 343 g/mol. The average Bonchev–Trinajstić information content (AvgIpc) is 2.72. The first-order chi connectivity index (χ1) is 12.8. The van der Waals surface area contributed by atoms with Gasteiger partial charge in [0.15, 0.2) is 0 Å². The molecule has 1 unspecified atom stereocenters. The van der Waals surface area contributed by atoms with Crippen LogP contribution in [0.1, 0.15) is 21.5 Å². The van der Waals surface area contributed by atoms with Gasteiger partial charge in [0.2, 0.25) is 0 Å². The fourth-order valence-electron chi connectivity index (χ4n) is 3.29. The van der Waals surface area contributed by atoms with Crippen LogP contribution in [0.5, 0.6) is 0 Å². The SMILES string of the molecule is O=C(NCC1Cc2ccccc2CO1)c1ccc(-c2ccccc2)cc1. The van der Waals surface area contributed by atoms with Crippen LogP contribution in [-0.2, 0) is 17.8 Å². The van der Waals surface area contributed by atoms with Crippen molar-refractivity contribution in [3.8, 4) is 11.1 Å². The van der Waals surface area contributed by atoms with Crippen molar-refractivity contribution in [3.05, 3.63) is 95.6 Å². The van der Waals surface area contributed by atoms with Crippen LogP contribution in [0.2, 0.25) is 0 Å². The Kier molecular flexibility index (Phi) is 4.80. The maximum absolute atomic E-state index is 12.4. The second-order valence-corrected chi connectivity index (χ2v) is 6.56. The molecule has 3 heteroatoms. The van der Waals surface area contributed by atoms with Gasteiger partial charge in [-0.15, -0.1) is 0 Å². The van der Waals surface area contributed by atoms with Crippen molar-refractivity contribution < 1.29 is 9.53 Å². The number of amides is 1. The van der Waals surface area contributed by atoms with Crippen LogP contribution < -0.4 is 5.32 Å². The van der Waals surface area contributed by atoms with Gasteiger partial charge in [0.05, 0.1) is 12.7 Å². The van der Waals surface area contributed by atoms with E-state index in [9.17, 15) is 4.79 Å². The highest BCUT2D eigenvalue weighted by atomic mass is 16.5. The summed E-state index contributed by atoms with van der Waals surface area (Å²) in [5.74, 6) is -0.0629. The number of rotatable bonds is 4. The molecule has 1 N–H and O–H groups in total. The summed E-state index contributed by atoms with van der Waals surface area (Å²) < 4.78 is 5.85. The summed E-state index contributed by atoms with van der Waals surface area (Å²) in [6, 6.07) is 26.2. The molecular weight excluding hydrogens is 322 g/mol. The fraction of sp³-hybridized carbons (Fsp3) is 0.174. The van der Waals surface area contributed by atoms with E-state index in [1.807, 2.05) is 54.6 Å². The minimum absolute atomic E-state index is 0.0254. The normalized spacial score (nSPS) is 15.9. The van der Waals surface area contributed by atoms with Gasteiger partial charge in [0.1, 0.15) is 0 Å². The molecule has 1 amide bonds. The zero-order valence-corrected chi connectivity index (χ0v) is 14.5. The third-order valence-corrected chi connectivity index (χ3v) is 4.79. The van der Waals surface area contributed by atoms with Crippen molar-refractivity contribution in [1.82, 2.24) is 5.32 Å². The number of carbonyl (C=O) groups excluding carboxylic acids is 1. The number of hydrogen-bond acceptors (Lipinski definition) is 2. The van der Waals surface area contributed by atoms with Gasteiger partial charge in [-0.2, -0.15) is 0 Å². The molecule has 1 aliphatic heterocycles. The smallest absolute Gasteiger partial charge is 0.251 e. The summed E-state index contributed by atoms with van der Waals surface area (Å²) in [5.41, 5.74) is 5.47. The Hall–Kier alpha value is -2.91. The Bertz CT molecular complexity index is 888. The molecule has 0 radical (unpaired) electrons. The van der Waals surface area contributed by atoms with Gasteiger partial charge >= 0.3 is 0 Å².